The van der Waals surface area contributed by atoms with Crippen LogP contribution in [0.2, 0.25) is 0 Å². The van der Waals surface area contributed by atoms with Crippen molar-refractivity contribution >= 4 is 15.9 Å². The molecule has 18 heavy (non-hydrogen) atoms. The van der Waals surface area contributed by atoms with E-state index in [2.05, 4.69) is 25.9 Å². The first-order valence-corrected chi connectivity index (χ1v) is 6.80. The van der Waals surface area contributed by atoms with Crippen molar-refractivity contribution in [2.24, 2.45) is 5.92 Å². The Hall–Kier alpha value is -0.680. The number of hydrogen-bond donors (Lipinski definition) is 1. The number of hydrogen-bond acceptors (Lipinski definition) is 3. The largest absolute Gasteiger partial charge is 0.373 e. The number of aromatic nitrogens is 2. The molecule has 0 saturated carbocycles. The van der Waals surface area contributed by atoms with Crippen LogP contribution >= 0.6 is 15.9 Å². The fourth-order valence-corrected chi connectivity index (χ4v) is 2.59. The van der Waals surface area contributed by atoms with Crippen LogP contribution in [-0.2, 0) is 10.2 Å². The molecule has 0 radical (unpaired) electrons. The first-order chi connectivity index (χ1) is 8.18. The maximum absolute atomic E-state index is 12.0. The lowest BCUT2D eigenvalue weighted by Gasteiger charge is -2.23. The summed E-state index contributed by atoms with van der Waals surface area (Å²) in [6.45, 7) is 10.2. The quantitative estimate of drug-likeness (QED) is 0.931. The van der Waals surface area contributed by atoms with E-state index in [-0.39, 0.29) is 23.0 Å². The summed E-state index contributed by atoms with van der Waals surface area (Å²) in [6, 6.07) is 0. The number of aromatic amines is 1. The van der Waals surface area contributed by atoms with Gasteiger partial charge >= 0.3 is 0 Å². The normalized spacial score (nSPS) is 14.0. The van der Waals surface area contributed by atoms with Gasteiger partial charge in [0.2, 0.25) is 0 Å². The lowest BCUT2D eigenvalue weighted by Crippen LogP contribution is -2.26. The molecule has 1 N–H and O–H groups in total. The van der Waals surface area contributed by atoms with Crippen LogP contribution in [0.5, 0.6) is 0 Å². The van der Waals surface area contributed by atoms with Crippen molar-refractivity contribution in [2.75, 3.05) is 7.11 Å². The Morgan fingerprint density at radius 2 is 1.89 bits per heavy atom. The summed E-state index contributed by atoms with van der Waals surface area (Å²) in [4.78, 5) is 19.3. The monoisotopic (exact) mass is 316 g/mol. The Morgan fingerprint density at radius 3 is 2.28 bits per heavy atom. The Balaban J connectivity index is 3.42. The number of ether oxygens (including phenoxy) is 1. The summed E-state index contributed by atoms with van der Waals surface area (Å²) in [6.07, 6.45) is -0.202. The van der Waals surface area contributed by atoms with E-state index in [0.29, 0.717) is 10.3 Å². The van der Waals surface area contributed by atoms with Crippen LogP contribution in [0.15, 0.2) is 9.27 Å². The van der Waals surface area contributed by atoms with E-state index in [0.717, 1.165) is 5.69 Å². The van der Waals surface area contributed by atoms with Crippen molar-refractivity contribution in [3.8, 4) is 0 Å². The highest BCUT2D eigenvalue weighted by atomic mass is 79.9. The molecule has 0 aliphatic rings. The Bertz CT molecular complexity index is 475. The highest BCUT2D eigenvalue weighted by molar-refractivity contribution is 9.10. The van der Waals surface area contributed by atoms with Crippen LogP contribution in [0.1, 0.15) is 52.2 Å². The van der Waals surface area contributed by atoms with Crippen LogP contribution < -0.4 is 5.56 Å². The molecule has 0 saturated heterocycles. The molecule has 1 atom stereocenters. The summed E-state index contributed by atoms with van der Waals surface area (Å²) in [7, 11) is 1.63. The van der Waals surface area contributed by atoms with Gasteiger partial charge in [-0.1, -0.05) is 34.6 Å². The van der Waals surface area contributed by atoms with Crippen LogP contribution in [0.25, 0.3) is 0 Å². The fourth-order valence-electron chi connectivity index (χ4n) is 1.81. The van der Waals surface area contributed by atoms with Crippen molar-refractivity contribution < 1.29 is 4.74 Å². The molecule has 0 fully saturated rings. The van der Waals surface area contributed by atoms with Gasteiger partial charge in [0.05, 0.1) is 5.69 Å². The van der Waals surface area contributed by atoms with Crippen molar-refractivity contribution in [3.63, 3.8) is 0 Å². The minimum Gasteiger partial charge on any atom is -0.373 e. The van der Waals surface area contributed by atoms with Crippen LogP contribution in [0.3, 0.4) is 0 Å². The van der Waals surface area contributed by atoms with Gasteiger partial charge in [0.1, 0.15) is 16.4 Å². The zero-order valence-corrected chi connectivity index (χ0v) is 13.4. The summed E-state index contributed by atoms with van der Waals surface area (Å²) in [5.41, 5.74) is 0.397. The lowest BCUT2D eigenvalue weighted by molar-refractivity contribution is 0.0568. The number of nitrogens with zero attached hydrogens (tertiary/aromatic N) is 1. The van der Waals surface area contributed by atoms with Crippen LogP contribution in [0, 0.1) is 5.92 Å². The van der Waals surface area contributed by atoms with E-state index < -0.39 is 0 Å². The number of halogens is 1. The molecule has 1 unspecified atom stereocenters. The van der Waals surface area contributed by atoms with E-state index in [1.807, 2.05) is 34.6 Å². The Labute approximate surface area is 116 Å². The van der Waals surface area contributed by atoms with Gasteiger partial charge in [0, 0.05) is 12.5 Å². The maximum atomic E-state index is 12.0. The second-order valence-corrected chi connectivity index (χ2v) is 6.56. The molecule has 1 aromatic heterocycles. The average Bonchev–Trinajstić information content (AvgIpc) is 2.21. The minimum absolute atomic E-state index is 0.160. The zero-order chi connectivity index (χ0) is 14.1. The third kappa shape index (κ3) is 3.20. The molecule has 0 bridgehead atoms. The summed E-state index contributed by atoms with van der Waals surface area (Å²) < 4.78 is 5.91. The molecule has 0 aliphatic carbocycles. The molecule has 102 valence electrons. The van der Waals surface area contributed by atoms with Crippen molar-refractivity contribution in [2.45, 2.75) is 46.1 Å². The van der Waals surface area contributed by atoms with E-state index in [4.69, 9.17) is 4.74 Å². The molecule has 1 aromatic rings. The molecule has 0 amide bonds. The van der Waals surface area contributed by atoms with E-state index in [1.54, 1.807) is 7.11 Å². The van der Waals surface area contributed by atoms with Crippen molar-refractivity contribution in [3.05, 3.63) is 26.3 Å². The molecule has 1 rings (SSSR count). The molecule has 5 heteroatoms. The van der Waals surface area contributed by atoms with Gasteiger partial charge in [0.25, 0.3) is 5.56 Å². The Kier molecular flexibility index (Phi) is 4.72. The highest BCUT2D eigenvalue weighted by Gasteiger charge is 2.25. The van der Waals surface area contributed by atoms with Crippen LogP contribution in [-0.4, -0.2) is 17.1 Å². The molecule has 1 heterocycles. The zero-order valence-electron chi connectivity index (χ0n) is 11.8. The summed E-state index contributed by atoms with van der Waals surface area (Å²) in [5, 5.41) is 0. The first kappa shape index (κ1) is 15.4. The Morgan fingerprint density at radius 1 is 1.33 bits per heavy atom. The average molecular weight is 317 g/mol. The molecular weight excluding hydrogens is 296 g/mol. The second kappa shape index (κ2) is 5.53. The summed E-state index contributed by atoms with van der Waals surface area (Å²) in [5.74, 6) is 0.831. The predicted molar refractivity (Wildman–Crippen MR) is 75.8 cm³/mol. The standard InChI is InChI=1S/C13H21BrN2O2/c1-7(2)9(18-6)11-15-10(13(3,4)5)8(14)12(17)16-11/h7,9H,1-6H3,(H,15,16,17). The fraction of sp³-hybridized carbons (Fsp3) is 0.692. The van der Waals surface area contributed by atoms with Crippen molar-refractivity contribution in [1.82, 2.24) is 9.97 Å². The molecule has 0 aliphatic heterocycles. The van der Waals surface area contributed by atoms with Gasteiger partial charge in [-0.25, -0.2) is 4.98 Å². The van der Waals surface area contributed by atoms with Gasteiger partial charge in [-0.2, -0.15) is 0 Å². The third-order valence-electron chi connectivity index (χ3n) is 2.72. The third-order valence-corrected chi connectivity index (χ3v) is 3.46. The molecular formula is C13H21BrN2O2. The molecule has 4 nitrogen and oxygen atoms in total. The maximum Gasteiger partial charge on any atom is 0.265 e. The van der Waals surface area contributed by atoms with E-state index in [9.17, 15) is 4.79 Å². The van der Waals surface area contributed by atoms with Gasteiger partial charge in [0.15, 0.2) is 0 Å². The van der Waals surface area contributed by atoms with Crippen LogP contribution in [0.4, 0.5) is 0 Å². The predicted octanol–water partition coefficient (Wildman–Crippen LogP) is 3.17. The smallest absolute Gasteiger partial charge is 0.265 e. The number of rotatable bonds is 3. The number of methoxy groups -OCH3 is 1. The van der Waals surface area contributed by atoms with E-state index in [1.165, 1.54) is 0 Å². The SMILES string of the molecule is COC(c1nc(C(C)(C)C)c(Br)c(=O)[nH]1)C(C)C. The number of nitrogens with one attached hydrogen (secondary N) is 1. The minimum atomic E-state index is -0.202. The highest BCUT2D eigenvalue weighted by Crippen LogP contribution is 2.28. The topological polar surface area (TPSA) is 55.0 Å². The first-order valence-electron chi connectivity index (χ1n) is 6.01. The molecule has 0 spiro atoms. The second-order valence-electron chi connectivity index (χ2n) is 5.76. The van der Waals surface area contributed by atoms with E-state index >= 15 is 0 Å². The van der Waals surface area contributed by atoms with Gasteiger partial charge < -0.3 is 9.72 Å². The summed E-state index contributed by atoms with van der Waals surface area (Å²) >= 11 is 3.31. The lowest BCUT2D eigenvalue weighted by atomic mass is 9.91. The molecule has 0 aromatic carbocycles. The van der Waals surface area contributed by atoms with Gasteiger partial charge in [-0.05, 0) is 21.8 Å². The van der Waals surface area contributed by atoms with Gasteiger partial charge in [-0.15, -0.1) is 0 Å². The van der Waals surface area contributed by atoms with Gasteiger partial charge in [-0.3, -0.25) is 4.79 Å². The van der Waals surface area contributed by atoms with Crippen molar-refractivity contribution in [1.29, 1.82) is 0 Å². The number of H-pyrrole nitrogens is 1.